The van der Waals surface area contributed by atoms with E-state index in [1.165, 1.54) is 16.7 Å². The molecule has 1 aromatic rings. The molecule has 0 fully saturated rings. The van der Waals surface area contributed by atoms with Crippen molar-refractivity contribution in [3.63, 3.8) is 0 Å². The Balaban J connectivity index is 2.79. The van der Waals surface area contributed by atoms with Crippen molar-refractivity contribution in [1.29, 1.82) is 0 Å². The molecule has 1 rings (SSSR count). The first-order valence-electron chi connectivity index (χ1n) is 7.82. The summed E-state index contributed by atoms with van der Waals surface area (Å²) in [4.78, 5) is 31.8. The van der Waals surface area contributed by atoms with Crippen molar-refractivity contribution in [3.05, 3.63) is 16.1 Å². The Morgan fingerprint density at radius 1 is 1.30 bits per heavy atom. The van der Waals surface area contributed by atoms with Crippen molar-refractivity contribution in [2.75, 3.05) is 14.1 Å². The summed E-state index contributed by atoms with van der Waals surface area (Å²) >= 11 is 1.58. The number of aliphatic hydroxyl groups is 1. The number of carbonyl (C=O) groups is 2. The molecule has 23 heavy (non-hydrogen) atoms. The monoisotopic (exact) mass is 341 g/mol. The second kappa shape index (κ2) is 8.40. The van der Waals surface area contributed by atoms with Gasteiger partial charge in [-0.2, -0.15) is 0 Å². The number of urea groups is 1. The minimum absolute atomic E-state index is 0.153. The molecule has 2 unspecified atom stereocenters. The van der Waals surface area contributed by atoms with Crippen LogP contribution in [0.5, 0.6) is 0 Å². The van der Waals surface area contributed by atoms with E-state index in [1.807, 2.05) is 5.38 Å². The lowest BCUT2D eigenvalue weighted by atomic mass is 10.0. The first-order valence-corrected chi connectivity index (χ1v) is 8.69. The first-order chi connectivity index (χ1) is 10.7. The second-order valence-electron chi connectivity index (χ2n) is 6.09. The van der Waals surface area contributed by atoms with Crippen LogP contribution in [0, 0.1) is 0 Å². The van der Waals surface area contributed by atoms with Gasteiger partial charge >= 0.3 is 6.03 Å². The van der Waals surface area contributed by atoms with Gasteiger partial charge in [0.1, 0.15) is 6.04 Å². The highest BCUT2D eigenvalue weighted by Gasteiger charge is 2.31. The average molecular weight is 341 g/mol. The SMILES string of the molecule is CCC(=O)C(C(C)O)N(C)C(=O)N(C)Cc1csc(C(C)C)n1. The molecule has 0 bridgehead atoms. The van der Waals surface area contributed by atoms with Crippen LogP contribution < -0.4 is 0 Å². The number of nitrogens with zero attached hydrogens (tertiary/aromatic N) is 3. The number of ketones is 1. The van der Waals surface area contributed by atoms with Crippen molar-refractivity contribution in [3.8, 4) is 0 Å². The third kappa shape index (κ3) is 5.00. The number of likely N-dealkylation sites (N-methyl/N-ethyl adjacent to an activating group) is 1. The first kappa shape index (κ1) is 19.6. The Labute approximate surface area is 142 Å². The zero-order valence-corrected chi connectivity index (χ0v) is 15.6. The van der Waals surface area contributed by atoms with E-state index in [2.05, 4.69) is 18.8 Å². The normalized spacial score (nSPS) is 13.7. The number of amides is 2. The van der Waals surface area contributed by atoms with Gasteiger partial charge in [-0.15, -0.1) is 11.3 Å². The molecule has 0 saturated heterocycles. The Kier molecular flexibility index (Phi) is 7.15. The molecule has 1 heterocycles. The van der Waals surface area contributed by atoms with Gasteiger partial charge in [-0.1, -0.05) is 20.8 Å². The summed E-state index contributed by atoms with van der Waals surface area (Å²) in [5.41, 5.74) is 0.832. The summed E-state index contributed by atoms with van der Waals surface area (Å²) in [6.07, 6.45) is -0.627. The highest BCUT2D eigenvalue weighted by atomic mass is 32.1. The molecule has 0 aliphatic carbocycles. The molecule has 1 aromatic heterocycles. The van der Waals surface area contributed by atoms with E-state index in [0.29, 0.717) is 12.5 Å². The van der Waals surface area contributed by atoms with E-state index in [4.69, 9.17) is 0 Å². The quantitative estimate of drug-likeness (QED) is 0.827. The number of rotatable bonds is 7. The van der Waals surface area contributed by atoms with Crippen LogP contribution in [0.4, 0.5) is 4.79 Å². The van der Waals surface area contributed by atoms with Gasteiger partial charge in [-0.05, 0) is 6.92 Å². The van der Waals surface area contributed by atoms with Crippen LogP contribution in [0.15, 0.2) is 5.38 Å². The van der Waals surface area contributed by atoms with E-state index < -0.39 is 12.1 Å². The van der Waals surface area contributed by atoms with Crippen molar-refractivity contribution in [2.24, 2.45) is 0 Å². The third-order valence-corrected chi connectivity index (χ3v) is 4.84. The maximum Gasteiger partial charge on any atom is 0.320 e. The molecular weight excluding hydrogens is 314 g/mol. The van der Waals surface area contributed by atoms with E-state index in [0.717, 1.165) is 10.7 Å². The predicted octanol–water partition coefficient (Wildman–Crippen LogP) is 2.48. The van der Waals surface area contributed by atoms with Gasteiger partial charge in [0.05, 0.1) is 23.4 Å². The van der Waals surface area contributed by atoms with Crippen LogP contribution in [0.1, 0.15) is 50.7 Å². The van der Waals surface area contributed by atoms with Crippen LogP contribution in [0.3, 0.4) is 0 Å². The molecule has 1 N–H and O–H groups in total. The van der Waals surface area contributed by atoms with Gasteiger partial charge in [0, 0.05) is 31.8 Å². The van der Waals surface area contributed by atoms with Crippen molar-refractivity contribution in [1.82, 2.24) is 14.8 Å². The van der Waals surface area contributed by atoms with Gasteiger partial charge in [-0.25, -0.2) is 9.78 Å². The smallest absolute Gasteiger partial charge is 0.320 e. The van der Waals surface area contributed by atoms with Crippen LogP contribution in [0.25, 0.3) is 0 Å². The number of aromatic nitrogens is 1. The lowest BCUT2D eigenvalue weighted by Crippen LogP contribution is -2.52. The summed E-state index contributed by atoms with van der Waals surface area (Å²) in [5, 5.41) is 12.8. The summed E-state index contributed by atoms with van der Waals surface area (Å²) < 4.78 is 0. The van der Waals surface area contributed by atoms with Crippen LogP contribution in [-0.4, -0.2) is 57.9 Å². The van der Waals surface area contributed by atoms with Gasteiger partial charge in [0.25, 0.3) is 0 Å². The summed E-state index contributed by atoms with van der Waals surface area (Å²) in [6, 6.07) is -1.13. The minimum atomic E-state index is -0.906. The third-order valence-electron chi connectivity index (χ3n) is 3.64. The number of Topliss-reactive ketones (excluding diaryl/α,β-unsaturated/α-hetero) is 1. The van der Waals surface area contributed by atoms with E-state index in [1.54, 1.807) is 32.4 Å². The highest BCUT2D eigenvalue weighted by Crippen LogP contribution is 2.20. The molecule has 130 valence electrons. The molecular formula is C16H27N3O3S. The number of thiazole rings is 1. The fraction of sp³-hybridized carbons (Fsp3) is 0.688. The number of hydrogen-bond acceptors (Lipinski definition) is 5. The molecule has 0 aromatic carbocycles. The van der Waals surface area contributed by atoms with Gasteiger partial charge in [0.2, 0.25) is 0 Å². The molecule has 2 atom stereocenters. The molecule has 0 aliphatic rings. The van der Waals surface area contributed by atoms with E-state index >= 15 is 0 Å². The maximum absolute atomic E-state index is 12.5. The zero-order chi connectivity index (χ0) is 17.7. The van der Waals surface area contributed by atoms with Gasteiger partial charge in [0.15, 0.2) is 5.78 Å². The lowest BCUT2D eigenvalue weighted by Gasteiger charge is -2.32. The Morgan fingerprint density at radius 3 is 2.35 bits per heavy atom. The lowest BCUT2D eigenvalue weighted by molar-refractivity contribution is -0.126. The molecule has 2 amide bonds. The molecule has 0 saturated carbocycles. The summed E-state index contributed by atoms with van der Waals surface area (Å²) in [7, 11) is 3.22. The fourth-order valence-corrected chi connectivity index (χ4v) is 3.20. The van der Waals surface area contributed by atoms with E-state index in [9.17, 15) is 14.7 Å². The van der Waals surface area contributed by atoms with Gasteiger partial charge < -0.3 is 14.9 Å². The Hall–Kier alpha value is -1.47. The molecule has 7 heteroatoms. The summed E-state index contributed by atoms with van der Waals surface area (Å²) in [6.45, 7) is 7.78. The molecule has 0 radical (unpaired) electrons. The van der Waals surface area contributed by atoms with E-state index in [-0.39, 0.29) is 18.2 Å². The van der Waals surface area contributed by atoms with Crippen molar-refractivity contribution < 1.29 is 14.7 Å². The predicted molar refractivity (Wildman–Crippen MR) is 91.6 cm³/mol. The molecule has 0 aliphatic heterocycles. The Bertz CT molecular complexity index is 542. The minimum Gasteiger partial charge on any atom is -0.391 e. The van der Waals surface area contributed by atoms with Crippen molar-refractivity contribution >= 4 is 23.2 Å². The standard InChI is InChI=1S/C16H27N3O3S/c1-7-13(21)14(11(4)20)19(6)16(22)18(5)8-12-9-23-15(17-12)10(2)3/h9-11,14,20H,7-8H2,1-6H3. The zero-order valence-electron chi connectivity index (χ0n) is 14.7. The molecule has 0 spiro atoms. The molecule has 6 nitrogen and oxygen atoms in total. The van der Waals surface area contributed by atoms with Crippen LogP contribution >= 0.6 is 11.3 Å². The average Bonchev–Trinajstić information content (AvgIpc) is 2.94. The highest BCUT2D eigenvalue weighted by molar-refractivity contribution is 7.09. The number of hydrogen-bond donors (Lipinski definition) is 1. The largest absolute Gasteiger partial charge is 0.391 e. The topological polar surface area (TPSA) is 73.7 Å². The maximum atomic E-state index is 12.5. The fourth-order valence-electron chi connectivity index (χ4n) is 2.38. The van der Waals surface area contributed by atoms with Crippen LogP contribution in [-0.2, 0) is 11.3 Å². The Morgan fingerprint density at radius 2 is 1.91 bits per heavy atom. The summed E-state index contributed by atoms with van der Waals surface area (Å²) in [5.74, 6) is 0.208. The van der Waals surface area contributed by atoms with Gasteiger partial charge in [-0.3, -0.25) is 4.79 Å². The second-order valence-corrected chi connectivity index (χ2v) is 6.98. The van der Waals surface area contributed by atoms with Crippen molar-refractivity contribution in [2.45, 2.75) is 58.7 Å². The number of carbonyl (C=O) groups excluding carboxylic acids is 2. The van der Waals surface area contributed by atoms with Crippen LogP contribution in [0.2, 0.25) is 0 Å². The number of aliphatic hydroxyl groups excluding tert-OH is 1.